The fourth-order valence-electron chi connectivity index (χ4n) is 3.64. The minimum atomic E-state index is -1.24. The molecule has 0 heterocycles. The molecule has 150 valence electrons. The Labute approximate surface area is 171 Å². The van der Waals surface area contributed by atoms with E-state index in [9.17, 15) is 10.0 Å². The van der Waals surface area contributed by atoms with Crippen LogP contribution in [-0.4, -0.2) is 20.1 Å². The highest BCUT2D eigenvalue weighted by Crippen LogP contribution is 2.38. The SMILES string of the molecule is COc1ccc([N+]([O-])(C(=O)c2c(C)cc(C)cc2C)c2ccc(OC)cc2)cc1. The highest BCUT2D eigenvalue weighted by Gasteiger charge is 2.36. The zero-order valence-electron chi connectivity index (χ0n) is 17.4. The van der Waals surface area contributed by atoms with Gasteiger partial charge in [-0.05, 0) is 56.2 Å². The van der Waals surface area contributed by atoms with Crippen molar-refractivity contribution in [1.82, 2.24) is 4.65 Å². The van der Waals surface area contributed by atoms with Crippen molar-refractivity contribution in [3.8, 4) is 11.5 Å². The Kier molecular flexibility index (Phi) is 5.73. The summed E-state index contributed by atoms with van der Waals surface area (Å²) in [5.41, 5.74) is 3.67. The van der Waals surface area contributed by atoms with Gasteiger partial charge >= 0.3 is 5.91 Å². The second-order valence-corrected chi connectivity index (χ2v) is 7.08. The van der Waals surface area contributed by atoms with E-state index >= 15 is 0 Å². The minimum absolute atomic E-state index is 0.306. The van der Waals surface area contributed by atoms with Crippen LogP contribution in [-0.2, 0) is 0 Å². The average molecular weight is 391 g/mol. The van der Waals surface area contributed by atoms with Crippen LogP contribution in [0.2, 0.25) is 0 Å². The number of quaternary nitrogens is 1. The van der Waals surface area contributed by atoms with Gasteiger partial charge < -0.3 is 14.7 Å². The first-order valence-corrected chi connectivity index (χ1v) is 9.33. The number of benzene rings is 3. The van der Waals surface area contributed by atoms with Crippen LogP contribution in [0.25, 0.3) is 0 Å². The molecule has 0 N–H and O–H groups in total. The van der Waals surface area contributed by atoms with E-state index in [4.69, 9.17) is 9.47 Å². The zero-order valence-corrected chi connectivity index (χ0v) is 17.4. The van der Waals surface area contributed by atoms with Crippen molar-refractivity contribution in [3.05, 3.63) is 88.1 Å². The molecule has 29 heavy (non-hydrogen) atoms. The van der Waals surface area contributed by atoms with Gasteiger partial charge in [0.2, 0.25) is 0 Å². The number of rotatable bonds is 5. The average Bonchev–Trinajstić information content (AvgIpc) is 2.72. The predicted molar refractivity (Wildman–Crippen MR) is 116 cm³/mol. The molecule has 0 aliphatic carbocycles. The van der Waals surface area contributed by atoms with E-state index in [1.807, 2.05) is 32.9 Å². The van der Waals surface area contributed by atoms with Crippen molar-refractivity contribution in [3.63, 3.8) is 0 Å². The third-order valence-corrected chi connectivity index (χ3v) is 5.05. The molecule has 0 radical (unpaired) electrons. The summed E-state index contributed by atoms with van der Waals surface area (Å²) in [4.78, 5) is 13.7. The Morgan fingerprint density at radius 1 is 0.759 bits per heavy atom. The third kappa shape index (κ3) is 3.75. The smallest absolute Gasteiger partial charge is 0.356 e. The lowest BCUT2D eigenvalue weighted by molar-refractivity contribution is 0.0877. The van der Waals surface area contributed by atoms with E-state index in [0.717, 1.165) is 16.7 Å². The number of hydroxylamine groups is 1. The lowest BCUT2D eigenvalue weighted by atomic mass is 9.98. The first kappa shape index (κ1) is 20.6. The Hall–Kier alpha value is -3.15. The second-order valence-electron chi connectivity index (χ2n) is 7.08. The number of hydrogen-bond donors (Lipinski definition) is 0. The van der Waals surface area contributed by atoms with E-state index in [0.29, 0.717) is 28.4 Å². The highest BCUT2D eigenvalue weighted by molar-refractivity contribution is 6.08. The van der Waals surface area contributed by atoms with Crippen molar-refractivity contribution in [1.29, 1.82) is 0 Å². The van der Waals surface area contributed by atoms with Crippen LogP contribution < -0.4 is 14.1 Å². The first-order chi connectivity index (χ1) is 13.8. The molecule has 3 rings (SSSR count). The first-order valence-electron chi connectivity index (χ1n) is 9.33. The number of amides is 1. The molecule has 3 aromatic carbocycles. The van der Waals surface area contributed by atoms with Crippen LogP contribution in [0.5, 0.6) is 11.5 Å². The van der Waals surface area contributed by atoms with Crippen molar-refractivity contribution < 1.29 is 14.3 Å². The van der Waals surface area contributed by atoms with Gasteiger partial charge in [-0.15, -0.1) is 0 Å². The standard InChI is InChI=1S/C24H25NO4/c1-16-14-17(2)23(18(3)15-16)24(26)25(27,19-6-10-21(28-4)11-7-19)20-8-12-22(29-5)13-9-20/h6-15H,1-5H3. The molecule has 0 unspecified atom stereocenters. The number of hydrogen-bond acceptors (Lipinski definition) is 4. The van der Waals surface area contributed by atoms with Gasteiger partial charge in [0.25, 0.3) is 0 Å². The van der Waals surface area contributed by atoms with Crippen LogP contribution >= 0.6 is 0 Å². The molecule has 0 saturated heterocycles. The molecule has 0 spiro atoms. The maximum absolute atomic E-state index is 14.3. The summed E-state index contributed by atoms with van der Waals surface area (Å²) in [7, 11) is 3.11. The number of ether oxygens (including phenoxy) is 2. The molecule has 0 aliphatic rings. The molecule has 0 aromatic heterocycles. The van der Waals surface area contributed by atoms with Gasteiger partial charge in [0.1, 0.15) is 22.9 Å². The third-order valence-electron chi connectivity index (χ3n) is 5.05. The van der Waals surface area contributed by atoms with Crippen molar-refractivity contribution in [2.24, 2.45) is 0 Å². The summed E-state index contributed by atoms with van der Waals surface area (Å²) in [6.45, 7) is 5.69. The van der Waals surface area contributed by atoms with Gasteiger partial charge in [-0.1, -0.05) is 17.7 Å². The van der Waals surface area contributed by atoms with Gasteiger partial charge in [0, 0.05) is 24.3 Å². The molecule has 0 aliphatic heterocycles. The Balaban J connectivity index is 2.22. The van der Waals surface area contributed by atoms with Gasteiger partial charge in [-0.3, -0.25) is 0 Å². The predicted octanol–water partition coefficient (Wildman–Crippen LogP) is 5.61. The summed E-state index contributed by atoms with van der Waals surface area (Å²) in [5, 5.41) is 14.3. The maximum Gasteiger partial charge on any atom is 0.356 e. The fraction of sp³-hybridized carbons (Fsp3) is 0.208. The molecular weight excluding hydrogens is 366 g/mol. The number of carbonyl (C=O) groups excluding carboxylic acids is 1. The lowest BCUT2D eigenvalue weighted by Crippen LogP contribution is -2.44. The van der Waals surface area contributed by atoms with Crippen LogP contribution in [0.15, 0.2) is 60.7 Å². The van der Waals surface area contributed by atoms with Gasteiger partial charge in [0.15, 0.2) is 0 Å². The Morgan fingerprint density at radius 3 is 1.48 bits per heavy atom. The van der Waals surface area contributed by atoms with Crippen LogP contribution in [0, 0.1) is 26.0 Å². The zero-order chi connectivity index (χ0) is 21.2. The van der Waals surface area contributed by atoms with Crippen molar-refractivity contribution >= 4 is 17.3 Å². The summed E-state index contributed by atoms with van der Waals surface area (Å²) in [6.07, 6.45) is 0. The number of carbonyl (C=O) groups is 1. The minimum Gasteiger partial charge on any atom is -0.614 e. The molecule has 1 amide bonds. The van der Waals surface area contributed by atoms with Crippen molar-refractivity contribution in [2.45, 2.75) is 20.8 Å². The molecule has 0 atom stereocenters. The summed E-state index contributed by atoms with van der Waals surface area (Å²) < 4.78 is 9.17. The second kappa shape index (κ2) is 8.07. The summed E-state index contributed by atoms with van der Waals surface area (Å²) in [5.74, 6) is 0.700. The maximum atomic E-state index is 14.3. The fourth-order valence-corrected chi connectivity index (χ4v) is 3.64. The Bertz CT molecular complexity index is 953. The quantitative estimate of drug-likeness (QED) is 0.419. The van der Waals surface area contributed by atoms with Gasteiger partial charge in [0.05, 0.1) is 19.8 Å². The van der Waals surface area contributed by atoms with Crippen LogP contribution in [0.3, 0.4) is 0 Å². The molecule has 5 heteroatoms. The summed E-state index contributed by atoms with van der Waals surface area (Å²) in [6, 6.07) is 17.1. The number of nitrogens with zero attached hydrogens (tertiary/aromatic N) is 1. The normalized spacial score (nSPS) is 11.2. The van der Waals surface area contributed by atoms with Gasteiger partial charge in [-0.2, -0.15) is 0 Å². The Morgan fingerprint density at radius 2 is 1.14 bits per heavy atom. The van der Waals surface area contributed by atoms with E-state index in [1.54, 1.807) is 62.8 Å². The topological polar surface area (TPSA) is 58.6 Å². The monoisotopic (exact) mass is 391 g/mol. The molecule has 5 nitrogen and oxygen atoms in total. The van der Waals surface area contributed by atoms with Crippen LogP contribution in [0.4, 0.5) is 11.4 Å². The molecule has 0 fully saturated rings. The van der Waals surface area contributed by atoms with E-state index in [2.05, 4.69) is 0 Å². The number of aryl methyl sites for hydroxylation is 3. The highest BCUT2D eigenvalue weighted by atomic mass is 16.6. The van der Waals surface area contributed by atoms with Crippen LogP contribution in [0.1, 0.15) is 27.0 Å². The lowest BCUT2D eigenvalue weighted by Gasteiger charge is -2.39. The molecule has 0 bridgehead atoms. The largest absolute Gasteiger partial charge is 0.614 e. The summed E-state index contributed by atoms with van der Waals surface area (Å²) >= 11 is 0. The van der Waals surface area contributed by atoms with E-state index < -0.39 is 10.6 Å². The van der Waals surface area contributed by atoms with Gasteiger partial charge in [-0.25, -0.2) is 9.44 Å². The van der Waals surface area contributed by atoms with E-state index in [-0.39, 0.29) is 0 Å². The molecule has 0 saturated carbocycles. The van der Waals surface area contributed by atoms with Crippen molar-refractivity contribution in [2.75, 3.05) is 14.2 Å². The van der Waals surface area contributed by atoms with E-state index in [1.165, 1.54) is 0 Å². The molecule has 3 aromatic rings. The molecular formula is C24H25NO4. The number of methoxy groups -OCH3 is 2.